The summed E-state index contributed by atoms with van der Waals surface area (Å²) >= 11 is 1.33. The van der Waals surface area contributed by atoms with Gasteiger partial charge in [0.25, 0.3) is 5.91 Å². The third kappa shape index (κ3) is 4.52. The van der Waals surface area contributed by atoms with Crippen LogP contribution in [0.5, 0.6) is 0 Å². The van der Waals surface area contributed by atoms with E-state index in [4.69, 9.17) is 0 Å². The van der Waals surface area contributed by atoms with Crippen molar-refractivity contribution in [3.05, 3.63) is 65.1 Å². The van der Waals surface area contributed by atoms with Crippen LogP contribution in [0.3, 0.4) is 0 Å². The molecule has 2 amide bonds. The van der Waals surface area contributed by atoms with Gasteiger partial charge in [0.05, 0.1) is 17.9 Å². The third-order valence-electron chi connectivity index (χ3n) is 7.00. The van der Waals surface area contributed by atoms with E-state index < -0.39 is 11.9 Å². The molecule has 1 atom stereocenters. The monoisotopic (exact) mass is 541 g/mol. The molecule has 38 heavy (non-hydrogen) atoms. The standard InChI is InChI=1S/C25H22F3N7O2S/c26-25(27,28)20-13-31-21(14-30-20)34-5-3-16-11-17(1-2-19(16)34)35-15-18(12-22(35)36)32-6-8-33(9-7-32)24(37)23-29-4-10-38-23/h1-5,10-11,13-14,18H,6-9,12,15H2/t18-/m1/s1. The number of hydrogen-bond acceptors (Lipinski definition) is 7. The Bertz CT molecular complexity index is 1480. The Morgan fingerprint density at radius 2 is 1.84 bits per heavy atom. The summed E-state index contributed by atoms with van der Waals surface area (Å²) in [6.07, 6.45) is 1.00. The van der Waals surface area contributed by atoms with Gasteiger partial charge in [0.2, 0.25) is 5.91 Å². The Morgan fingerprint density at radius 3 is 2.53 bits per heavy atom. The van der Waals surface area contributed by atoms with Gasteiger partial charge in [0.15, 0.2) is 16.5 Å². The maximum atomic E-state index is 12.9. The number of nitrogens with zero attached hydrogens (tertiary/aromatic N) is 7. The van der Waals surface area contributed by atoms with Crippen LogP contribution in [0.2, 0.25) is 0 Å². The minimum absolute atomic E-state index is 0.0312. The van der Waals surface area contributed by atoms with Crippen molar-refractivity contribution in [2.75, 3.05) is 37.6 Å². The summed E-state index contributed by atoms with van der Waals surface area (Å²) in [6, 6.07) is 7.44. The number of aromatic nitrogens is 4. The highest BCUT2D eigenvalue weighted by atomic mass is 32.1. The molecule has 5 heterocycles. The number of fused-ring (bicyclic) bond motifs is 1. The SMILES string of the molecule is O=C(c1nccs1)N1CCN([C@@H]2CC(=O)N(c3ccc4c(ccn4-c4cnc(C(F)(F)F)cn4)c3)C2)CC1. The molecule has 0 spiro atoms. The zero-order valence-electron chi connectivity index (χ0n) is 20.0. The summed E-state index contributed by atoms with van der Waals surface area (Å²) in [7, 11) is 0. The Balaban J connectivity index is 1.13. The molecule has 0 aliphatic carbocycles. The van der Waals surface area contributed by atoms with Gasteiger partial charge in [0, 0.05) is 74.0 Å². The van der Waals surface area contributed by atoms with E-state index in [2.05, 4.69) is 19.9 Å². The molecule has 0 saturated carbocycles. The lowest BCUT2D eigenvalue weighted by Gasteiger charge is -2.37. The van der Waals surface area contributed by atoms with E-state index in [9.17, 15) is 22.8 Å². The van der Waals surface area contributed by atoms with Crippen LogP contribution < -0.4 is 4.90 Å². The highest BCUT2D eigenvalue weighted by Gasteiger charge is 2.37. The first kappa shape index (κ1) is 24.5. The molecule has 2 aliphatic rings. The Labute approximate surface area is 219 Å². The molecule has 2 aliphatic heterocycles. The van der Waals surface area contributed by atoms with Crippen molar-refractivity contribution in [1.29, 1.82) is 0 Å². The van der Waals surface area contributed by atoms with Gasteiger partial charge in [-0.25, -0.2) is 15.0 Å². The minimum Gasteiger partial charge on any atom is -0.334 e. The number of halogens is 3. The summed E-state index contributed by atoms with van der Waals surface area (Å²) in [5, 5.41) is 3.11. The number of anilines is 1. The molecule has 0 bridgehead atoms. The molecule has 9 nitrogen and oxygen atoms in total. The molecule has 0 N–H and O–H groups in total. The lowest BCUT2D eigenvalue weighted by Crippen LogP contribution is -2.52. The average Bonchev–Trinajstić information content (AvgIpc) is 3.68. The molecule has 2 saturated heterocycles. The van der Waals surface area contributed by atoms with Crippen LogP contribution in [-0.4, -0.2) is 79.9 Å². The van der Waals surface area contributed by atoms with Gasteiger partial charge in [-0.3, -0.25) is 19.1 Å². The second-order valence-corrected chi connectivity index (χ2v) is 10.1. The van der Waals surface area contributed by atoms with Gasteiger partial charge < -0.3 is 9.80 Å². The minimum atomic E-state index is -4.55. The molecule has 2 fully saturated rings. The van der Waals surface area contributed by atoms with Crippen LogP contribution in [0.1, 0.15) is 21.9 Å². The normalized spacial score (nSPS) is 19.0. The van der Waals surface area contributed by atoms with E-state index in [0.29, 0.717) is 50.3 Å². The van der Waals surface area contributed by atoms with Crippen LogP contribution in [0, 0.1) is 0 Å². The number of carbonyl (C=O) groups excluding carboxylic acids is 2. The summed E-state index contributed by atoms with van der Waals surface area (Å²) in [6.45, 7) is 3.12. The van der Waals surface area contributed by atoms with Crippen molar-refractivity contribution in [3.8, 4) is 5.82 Å². The second-order valence-electron chi connectivity index (χ2n) is 9.21. The van der Waals surface area contributed by atoms with Crippen LogP contribution in [-0.2, 0) is 11.0 Å². The molecule has 4 aromatic rings. The number of hydrogen-bond donors (Lipinski definition) is 0. The second kappa shape index (κ2) is 9.48. The number of amides is 2. The molecule has 196 valence electrons. The summed E-state index contributed by atoms with van der Waals surface area (Å²) in [4.78, 5) is 42.9. The Morgan fingerprint density at radius 1 is 1.03 bits per heavy atom. The van der Waals surface area contributed by atoms with Crippen LogP contribution in [0.15, 0.2) is 54.4 Å². The molecular weight excluding hydrogens is 519 g/mol. The largest absolute Gasteiger partial charge is 0.434 e. The highest BCUT2D eigenvalue weighted by Crippen LogP contribution is 2.30. The molecule has 0 unspecified atom stereocenters. The third-order valence-corrected chi connectivity index (χ3v) is 7.76. The number of carbonyl (C=O) groups is 2. The number of piperazine rings is 1. The molecule has 1 aromatic carbocycles. The Hall–Kier alpha value is -3.84. The van der Waals surface area contributed by atoms with Crippen molar-refractivity contribution in [1.82, 2.24) is 29.3 Å². The summed E-state index contributed by atoms with van der Waals surface area (Å²) in [5.41, 5.74) is 0.459. The van der Waals surface area contributed by atoms with E-state index in [-0.39, 0.29) is 23.7 Å². The number of benzene rings is 1. The zero-order valence-corrected chi connectivity index (χ0v) is 20.8. The van der Waals surface area contributed by atoms with Crippen molar-refractivity contribution in [2.45, 2.75) is 18.6 Å². The predicted octanol–water partition coefficient (Wildman–Crippen LogP) is 3.46. The fourth-order valence-corrected chi connectivity index (χ4v) is 5.63. The maximum absolute atomic E-state index is 12.9. The molecule has 13 heteroatoms. The van der Waals surface area contributed by atoms with Crippen molar-refractivity contribution in [2.24, 2.45) is 0 Å². The number of thiazole rings is 1. The molecule has 3 aromatic heterocycles. The van der Waals surface area contributed by atoms with Gasteiger partial charge in [-0.2, -0.15) is 13.2 Å². The van der Waals surface area contributed by atoms with E-state index in [0.717, 1.165) is 22.8 Å². The first-order valence-electron chi connectivity index (χ1n) is 12.0. The van der Waals surface area contributed by atoms with Crippen LogP contribution in [0.25, 0.3) is 16.7 Å². The fourth-order valence-electron chi connectivity index (χ4n) is 5.03. The van der Waals surface area contributed by atoms with Crippen molar-refractivity contribution < 1.29 is 22.8 Å². The number of rotatable bonds is 4. The van der Waals surface area contributed by atoms with Gasteiger partial charge in [0.1, 0.15) is 0 Å². The van der Waals surface area contributed by atoms with Gasteiger partial charge >= 0.3 is 6.18 Å². The molecule has 0 radical (unpaired) electrons. The summed E-state index contributed by atoms with van der Waals surface area (Å²) < 4.78 is 40.1. The summed E-state index contributed by atoms with van der Waals surface area (Å²) in [5.74, 6) is 0.250. The van der Waals surface area contributed by atoms with Crippen LogP contribution >= 0.6 is 11.3 Å². The van der Waals surface area contributed by atoms with Crippen molar-refractivity contribution >= 4 is 39.7 Å². The quantitative estimate of drug-likeness (QED) is 0.393. The van der Waals surface area contributed by atoms with E-state index in [1.165, 1.54) is 11.3 Å². The predicted molar refractivity (Wildman–Crippen MR) is 134 cm³/mol. The fraction of sp³-hybridized carbons (Fsp3) is 0.320. The maximum Gasteiger partial charge on any atom is 0.434 e. The van der Waals surface area contributed by atoms with Gasteiger partial charge in [-0.15, -0.1) is 11.3 Å². The highest BCUT2D eigenvalue weighted by molar-refractivity contribution is 7.11. The topological polar surface area (TPSA) is 87.5 Å². The first-order valence-corrected chi connectivity index (χ1v) is 12.9. The lowest BCUT2D eigenvalue weighted by molar-refractivity contribution is -0.141. The zero-order chi connectivity index (χ0) is 26.4. The molecular formula is C25H22F3N7O2S. The van der Waals surface area contributed by atoms with E-state index >= 15 is 0 Å². The van der Waals surface area contributed by atoms with Gasteiger partial charge in [-0.1, -0.05) is 0 Å². The Kier molecular flexibility index (Phi) is 6.11. The number of alkyl halides is 3. The molecule has 6 rings (SSSR count). The van der Waals surface area contributed by atoms with E-state index in [1.807, 2.05) is 29.2 Å². The van der Waals surface area contributed by atoms with E-state index in [1.54, 1.807) is 27.2 Å². The average molecular weight is 542 g/mol. The van der Waals surface area contributed by atoms with Gasteiger partial charge in [-0.05, 0) is 24.3 Å². The smallest absolute Gasteiger partial charge is 0.334 e. The first-order chi connectivity index (χ1) is 18.3. The lowest BCUT2D eigenvalue weighted by atomic mass is 10.2. The van der Waals surface area contributed by atoms with Crippen molar-refractivity contribution in [3.63, 3.8) is 0 Å². The van der Waals surface area contributed by atoms with Crippen LogP contribution in [0.4, 0.5) is 18.9 Å².